The summed E-state index contributed by atoms with van der Waals surface area (Å²) in [5, 5.41) is 6.65. The first-order chi connectivity index (χ1) is 17.1. The number of hydrogen-bond acceptors (Lipinski definition) is 4. The molecule has 2 aliphatic heterocycles. The lowest BCUT2D eigenvalue weighted by Crippen LogP contribution is -2.33. The number of carbonyl (C=O) groups excluding carboxylic acids is 1. The van der Waals surface area contributed by atoms with E-state index in [-0.39, 0.29) is 36.2 Å². The van der Waals surface area contributed by atoms with Crippen LogP contribution in [0.5, 0.6) is 0 Å². The molecule has 5 rings (SSSR count). The van der Waals surface area contributed by atoms with E-state index in [9.17, 15) is 9.18 Å². The normalized spacial score (nSPS) is 21.8. The number of amides is 1. The quantitative estimate of drug-likeness (QED) is 0.459. The fraction of sp³-hybridized carbons (Fsp3) is 0.346. The van der Waals surface area contributed by atoms with Gasteiger partial charge in [-0.1, -0.05) is 18.2 Å². The van der Waals surface area contributed by atoms with Gasteiger partial charge in [0.15, 0.2) is 5.11 Å². The highest BCUT2D eigenvalue weighted by molar-refractivity contribution is 7.80. The molecule has 2 aliphatic rings. The molecule has 2 aromatic heterocycles. The number of thiocarbonyl (C=S) groups is 1. The third-order valence-electron chi connectivity index (χ3n) is 6.52. The molecule has 0 saturated carbocycles. The number of halogens is 1. The Morgan fingerprint density at radius 2 is 2.06 bits per heavy atom. The van der Waals surface area contributed by atoms with E-state index in [0.29, 0.717) is 11.7 Å². The zero-order valence-electron chi connectivity index (χ0n) is 19.3. The third kappa shape index (κ3) is 5.21. The van der Waals surface area contributed by atoms with Crippen LogP contribution in [0, 0.1) is 5.82 Å². The molecular formula is C26H28FN5O2S. The van der Waals surface area contributed by atoms with Gasteiger partial charge in [0.25, 0.3) is 0 Å². The Balaban J connectivity index is 1.38. The van der Waals surface area contributed by atoms with Gasteiger partial charge in [-0.25, -0.2) is 4.39 Å². The van der Waals surface area contributed by atoms with Gasteiger partial charge in [0, 0.05) is 44.2 Å². The predicted molar refractivity (Wildman–Crippen MR) is 135 cm³/mol. The summed E-state index contributed by atoms with van der Waals surface area (Å²) in [6.45, 7) is 1.95. The fourth-order valence-electron chi connectivity index (χ4n) is 4.83. The Morgan fingerprint density at radius 1 is 1.20 bits per heavy atom. The maximum absolute atomic E-state index is 14.0. The summed E-state index contributed by atoms with van der Waals surface area (Å²) in [5.41, 5.74) is 2.13. The van der Waals surface area contributed by atoms with Crippen LogP contribution in [0.15, 0.2) is 67.0 Å². The van der Waals surface area contributed by atoms with Crippen LogP contribution in [-0.4, -0.2) is 44.7 Å². The Hall–Kier alpha value is -3.30. The van der Waals surface area contributed by atoms with Crippen molar-refractivity contribution >= 4 is 28.9 Å². The highest BCUT2D eigenvalue weighted by atomic mass is 32.1. The molecule has 2 fully saturated rings. The minimum atomic E-state index is -0.459. The van der Waals surface area contributed by atoms with Crippen LogP contribution >= 0.6 is 12.2 Å². The van der Waals surface area contributed by atoms with Crippen LogP contribution in [0.1, 0.15) is 42.7 Å². The number of rotatable bonds is 8. The van der Waals surface area contributed by atoms with Gasteiger partial charge < -0.3 is 24.8 Å². The molecule has 3 unspecified atom stereocenters. The summed E-state index contributed by atoms with van der Waals surface area (Å²) < 4.78 is 22.1. The van der Waals surface area contributed by atoms with Crippen molar-refractivity contribution < 1.29 is 13.9 Å². The topological polar surface area (TPSA) is 71.4 Å². The van der Waals surface area contributed by atoms with E-state index in [4.69, 9.17) is 17.0 Å². The molecule has 4 heterocycles. The van der Waals surface area contributed by atoms with Crippen LogP contribution in [-0.2, 0) is 16.1 Å². The van der Waals surface area contributed by atoms with Gasteiger partial charge in [0.1, 0.15) is 5.82 Å². The van der Waals surface area contributed by atoms with Gasteiger partial charge in [-0.3, -0.25) is 9.78 Å². The first-order valence-electron chi connectivity index (χ1n) is 11.9. The number of aromatic nitrogens is 2. The van der Waals surface area contributed by atoms with E-state index in [1.54, 1.807) is 24.4 Å². The van der Waals surface area contributed by atoms with E-state index >= 15 is 0 Å². The van der Waals surface area contributed by atoms with Crippen molar-refractivity contribution in [1.82, 2.24) is 19.8 Å². The van der Waals surface area contributed by atoms with Gasteiger partial charge in [-0.05, 0) is 61.5 Å². The van der Waals surface area contributed by atoms with Gasteiger partial charge in [-0.2, -0.15) is 0 Å². The first-order valence-corrected chi connectivity index (χ1v) is 12.3. The number of nitrogens with zero attached hydrogens (tertiary/aromatic N) is 3. The molecule has 2 N–H and O–H groups in total. The maximum atomic E-state index is 14.0. The summed E-state index contributed by atoms with van der Waals surface area (Å²) in [6, 6.07) is 15.8. The molecule has 0 spiro atoms. The van der Waals surface area contributed by atoms with Crippen molar-refractivity contribution in [3.05, 3.63) is 84.2 Å². The van der Waals surface area contributed by atoms with Crippen molar-refractivity contribution in [3.8, 4) is 0 Å². The highest BCUT2D eigenvalue weighted by Gasteiger charge is 2.41. The third-order valence-corrected chi connectivity index (χ3v) is 6.87. The zero-order valence-corrected chi connectivity index (χ0v) is 20.1. The smallest absolute Gasteiger partial charge is 0.226 e. The summed E-state index contributed by atoms with van der Waals surface area (Å²) >= 11 is 5.72. The summed E-state index contributed by atoms with van der Waals surface area (Å²) in [4.78, 5) is 19.3. The molecule has 3 atom stereocenters. The lowest BCUT2D eigenvalue weighted by Gasteiger charge is -2.29. The molecule has 1 amide bonds. The van der Waals surface area contributed by atoms with Crippen molar-refractivity contribution in [2.45, 2.75) is 44.0 Å². The lowest BCUT2D eigenvalue weighted by atomic mass is 10.0. The lowest BCUT2D eigenvalue weighted by molar-refractivity contribution is -0.116. The number of ether oxygens (including phenoxy) is 1. The highest BCUT2D eigenvalue weighted by Crippen LogP contribution is 2.39. The van der Waals surface area contributed by atoms with Crippen molar-refractivity contribution in [1.29, 1.82) is 0 Å². The van der Waals surface area contributed by atoms with Gasteiger partial charge in [0.05, 0.1) is 29.6 Å². The second kappa shape index (κ2) is 10.5. The van der Waals surface area contributed by atoms with Gasteiger partial charge in [-0.15, -0.1) is 0 Å². The molecule has 0 radical (unpaired) electrons. The summed E-state index contributed by atoms with van der Waals surface area (Å²) in [5.74, 6) is -0.730. The van der Waals surface area contributed by atoms with Gasteiger partial charge >= 0.3 is 0 Å². The number of benzene rings is 1. The molecular weight excluding hydrogens is 465 g/mol. The van der Waals surface area contributed by atoms with E-state index in [0.717, 1.165) is 37.4 Å². The monoisotopic (exact) mass is 493 g/mol. The summed E-state index contributed by atoms with van der Waals surface area (Å²) in [6.07, 6.45) is 6.31. The standard InChI is InChI=1S/C26H28FN5O2S/c27-19-8-1-2-9-20(19)29-23(33)12-15-32-25(24(30-26(32)35)21-10-3-4-13-28-21)22-11-5-14-31(22)17-18-7-6-16-34-18/h1-5,8-11,13-14,18,24-25H,6-7,12,15-17H2,(H,29,33)(H,30,35). The molecule has 2 saturated heterocycles. The van der Waals surface area contributed by atoms with E-state index < -0.39 is 5.82 Å². The Kier molecular flexibility index (Phi) is 7.06. The molecule has 0 bridgehead atoms. The SMILES string of the molecule is O=C(CCN1C(=S)NC(c2ccccn2)C1c1cccn1CC1CCCO1)Nc1ccccc1F. The number of hydrogen-bond donors (Lipinski definition) is 2. The number of para-hydroxylation sites is 1. The molecule has 35 heavy (non-hydrogen) atoms. The largest absolute Gasteiger partial charge is 0.376 e. The molecule has 7 nitrogen and oxygen atoms in total. The minimum absolute atomic E-state index is 0.157. The first kappa shape index (κ1) is 23.4. The minimum Gasteiger partial charge on any atom is -0.376 e. The summed E-state index contributed by atoms with van der Waals surface area (Å²) in [7, 11) is 0. The number of carbonyl (C=O) groups is 1. The second-order valence-electron chi connectivity index (χ2n) is 8.82. The van der Waals surface area contributed by atoms with E-state index in [1.807, 2.05) is 29.2 Å². The molecule has 182 valence electrons. The molecule has 9 heteroatoms. The van der Waals surface area contributed by atoms with Crippen molar-refractivity contribution in [3.63, 3.8) is 0 Å². The van der Waals surface area contributed by atoms with Crippen molar-refractivity contribution in [2.24, 2.45) is 0 Å². The van der Waals surface area contributed by atoms with Crippen LogP contribution in [0.4, 0.5) is 10.1 Å². The number of nitrogens with one attached hydrogen (secondary N) is 2. The Bertz CT molecular complexity index is 1180. The molecule has 3 aromatic rings. The van der Waals surface area contributed by atoms with E-state index in [2.05, 4.69) is 32.4 Å². The van der Waals surface area contributed by atoms with Gasteiger partial charge in [0.2, 0.25) is 5.91 Å². The Morgan fingerprint density at radius 3 is 2.83 bits per heavy atom. The second-order valence-corrected chi connectivity index (χ2v) is 9.21. The van der Waals surface area contributed by atoms with Crippen LogP contribution in [0.2, 0.25) is 0 Å². The average molecular weight is 494 g/mol. The van der Waals surface area contributed by atoms with Crippen LogP contribution < -0.4 is 10.6 Å². The predicted octanol–water partition coefficient (Wildman–Crippen LogP) is 4.20. The van der Waals surface area contributed by atoms with Crippen LogP contribution in [0.25, 0.3) is 0 Å². The van der Waals surface area contributed by atoms with Crippen LogP contribution in [0.3, 0.4) is 0 Å². The maximum Gasteiger partial charge on any atom is 0.226 e. The molecule has 1 aromatic carbocycles. The number of pyridine rings is 1. The zero-order chi connectivity index (χ0) is 24.2. The number of anilines is 1. The van der Waals surface area contributed by atoms with E-state index in [1.165, 1.54) is 6.07 Å². The molecule has 0 aliphatic carbocycles. The average Bonchev–Trinajstić information content (AvgIpc) is 3.61. The Labute approximate surface area is 209 Å². The fourth-order valence-corrected chi connectivity index (χ4v) is 5.17. The van der Waals surface area contributed by atoms with Crippen molar-refractivity contribution in [2.75, 3.05) is 18.5 Å².